The maximum absolute atomic E-state index is 12.3. The summed E-state index contributed by atoms with van der Waals surface area (Å²) >= 11 is 0. The fourth-order valence-corrected chi connectivity index (χ4v) is 2.69. The topological polar surface area (TPSA) is 94.6 Å². The Hall–Kier alpha value is -2.41. The third-order valence-corrected chi connectivity index (χ3v) is 3.77. The molecule has 0 bridgehead atoms. The molecular weight excluding hydrogens is 300 g/mol. The van der Waals surface area contributed by atoms with Crippen LogP contribution >= 0.6 is 0 Å². The van der Waals surface area contributed by atoms with Gasteiger partial charge in [0, 0.05) is 30.5 Å². The van der Waals surface area contributed by atoms with Crippen LogP contribution in [0.4, 0.5) is 0 Å². The van der Waals surface area contributed by atoms with Gasteiger partial charge in [-0.15, -0.1) is 0 Å². The normalized spacial score (nSPS) is 20.6. The van der Waals surface area contributed by atoms with E-state index < -0.39 is 5.91 Å². The number of hydrogen-bond acceptors (Lipinski definition) is 6. The van der Waals surface area contributed by atoms with Crippen molar-refractivity contribution in [2.75, 3.05) is 13.2 Å². The Kier molecular flexibility index (Phi) is 4.29. The van der Waals surface area contributed by atoms with E-state index in [4.69, 9.17) is 13.7 Å². The minimum Gasteiger partial charge on any atom is -0.456 e. The molecule has 1 aliphatic heterocycles. The fraction of sp³-hybridized carbons (Fsp3) is 0.438. The zero-order valence-electron chi connectivity index (χ0n) is 13.0. The van der Waals surface area contributed by atoms with Gasteiger partial charge in [-0.2, -0.15) is 0 Å². The lowest BCUT2D eigenvalue weighted by Crippen LogP contribution is -2.40. The second-order valence-corrected chi connectivity index (χ2v) is 5.78. The quantitative estimate of drug-likeness (QED) is 0.911. The summed E-state index contributed by atoms with van der Waals surface area (Å²) in [6.07, 6.45) is 0.629. The van der Waals surface area contributed by atoms with E-state index in [0.29, 0.717) is 25.4 Å². The van der Waals surface area contributed by atoms with Gasteiger partial charge in [0.1, 0.15) is 11.5 Å². The molecule has 23 heavy (non-hydrogen) atoms. The highest BCUT2D eigenvalue weighted by atomic mass is 16.5. The Morgan fingerprint density at radius 3 is 2.83 bits per heavy atom. The zero-order valence-corrected chi connectivity index (χ0v) is 13.0. The first-order valence-electron chi connectivity index (χ1n) is 7.44. The molecule has 1 amide bonds. The summed E-state index contributed by atoms with van der Waals surface area (Å²) in [4.78, 5) is 23.7. The summed E-state index contributed by atoms with van der Waals surface area (Å²) in [5.41, 5.74) is 0.566. The van der Waals surface area contributed by atoms with Crippen molar-refractivity contribution in [1.29, 1.82) is 0 Å². The van der Waals surface area contributed by atoms with Crippen molar-refractivity contribution >= 4 is 5.91 Å². The number of aromatic nitrogens is 1. The number of carbonyl (C=O) groups is 1. The lowest BCUT2D eigenvalue weighted by atomic mass is 9.98. The molecular formula is C16H18N2O5. The number of rotatable bonds is 4. The van der Waals surface area contributed by atoms with Gasteiger partial charge in [-0.25, -0.2) is 0 Å². The summed E-state index contributed by atoms with van der Waals surface area (Å²) < 4.78 is 16.0. The third-order valence-electron chi connectivity index (χ3n) is 3.77. The average molecular weight is 318 g/mol. The number of aryl methyl sites for hydroxylation is 2. The standard InChI is InChI=1S/C16H18N2O5/c1-9-3-13(23-18-9)5-11-7-21-8-14(11)17-16(20)15-6-12(19)4-10(2)22-15/h3-4,6,11,14H,5,7-8H2,1-2H3,(H,17,20). The third kappa shape index (κ3) is 3.68. The smallest absolute Gasteiger partial charge is 0.287 e. The molecule has 0 aliphatic carbocycles. The van der Waals surface area contributed by atoms with Crippen LogP contribution in [0.25, 0.3) is 0 Å². The Morgan fingerprint density at radius 1 is 1.30 bits per heavy atom. The second-order valence-electron chi connectivity index (χ2n) is 5.78. The Morgan fingerprint density at radius 2 is 2.13 bits per heavy atom. The van der Waals surface area contributed by atoms with E-state index in [1.807, 2.05) is 13.0 Å². The fourth-order valence-electron chi connectivity index (χ4n) is 2.69. The largest absolute Gasteiger partial charge is 0.456 e. The van der Waals surface area contributed by atoms with Crippen molar-refractivity contribution in [3.8, 4) is 0 Å². The molecule has 1 N–H and O–H groups in total. The van der Waals surface area contributed by atoms with Gasteiger partial charge in [0.25, 0.3) is 5.91 Å². The highest BCUT2D eigenvalue weighted by Crippen LogP contribution is 2.20. The van der Waals surface area contributed by atoms with E-state index in [1.165, 1.54) is 12.1 Å². The lowest BCUT2D eigenvalue weighted by Gasteiger charge is -2.17. The van der Waals surface area contributed by atoms with E-state index in [9.17, 15) is 9.59 Å². The molecule has 2 atom stereocenters. The van der Waals surface area contributed by atoms with Crippen molar-refractivity contribution < 1.29 is 18.5 Å². The van der Waals surface area contributed by atoms with E-state index in [1.54, 1.807) is 6.92 Å². The van der Waals surface area contributed by atoms with Gasteiger partial charge in [-0.1, -0.05) is 5.16 Å². The summed E-state index contributed by atoms with van der Waals surface area (Å²) in [5, 5.41) is 6.73. The molecule has 3 heterocycles. The van der Waals surface area contributed by atoms with Crippen molar-refractivity contribution in [3.05, 3.63) is 51.4 Å². The molecule has 0 radical (unpaired) electrons. The van der Waals surface area contributed by atoms with Crippen molar-refractivity contribution in [2.24, 2.45) is 5.92 Å². The van der Waals surface area contributed by atoms with Gasteiger partial charge in [-0.3, -0.25) is 9.59 Å². The monoisotopic (exact) mass is 318 g/mol. The number of amides is 1. The molecule has 1 saturated heterocycles. The van der Waals surface area contributed by atoms with Gasteiger partial charge in [0.15, 0.2) is 11.2 Å². The van der Waals surface area contributed by atoms with Crippen LogP contribution in [-0.2, 0) is 11.2 Å². The molecule has 2 aromatic heterocycles. The van der Waals surface area contributed by atoms with Crippen LogP contribution in [0.3, 0.4) is 0 Å². The first kappa shape index (κ1) is 15.5. The highest BCUT2D eigenvalue weighted by Gasteiger charge is 2.31. The van der Waals surface area contributed by atoms with Crippen molar-refractivity contribution in [2.45, 2.75) is 26.3 Å². The van der Waals surface area contributed by atoms with Gasteiger partial charge < -0.3 is 19.0 Å². The van der Waals surface area contributed by atoms with Crippen LogP contribution in [0, 0.1) is 19.8 Å². The van der Waals surface area contributed by atoms with Gasteiger partial charge in [0.05, 0.1) is 24.9 Å². The van der Waals surface area contributed by atoms with E-state index in [2.05, 4.69) is 10.5 Å². The predicted molar refractivity (Wildman–Crippen MR) is 80.2 cm³/mol. The van der Waals surface area contributed by atoms with E-state index in [0.717, 1.165) is 11.5 Å². The summed E-state index contributed by atoms with van der Waals surface area (Å²) in [7, 11) is 0. The molecule has 0 aromatic carbocycles. The molecule has 1 aliphatic rings. The molecule has 0 spiro atoms. The van der Waals surface area contributed by atoms with Gasteiger partial charge >= 0.3 is 0 Å². The van der Waals surface area contributed by atoms with Crippen molar-refractivity contribution in [1.82, 2.24) is 10.5 Å². The highest BCUT2D eigenvalue weighted by molar-refractivity contribution is 5.91. The van der Waals surface area contributed by atoms with Crippen LogP contribution in [0.5, 0.6) is 0 Å². The van der Waals surface area contributed by atoms with Gasteiger partial charge in [0.2, 0.25) is 0 Å². The molecule has 3 rings (SSSR count). The SMILES string of the molecule is Cc1cc(CC2COCC2NC(=O)c2cc(=O)cc(C)o2)on1. The molecule has 7 heteroatoms. The van der Waals surface area contributed by atoms with Crippen molar-refractivity contribution in [3.63, 3.8) is 0 Å². The minimum atomic E-state index is -0.417. The summed E-state index contributed by atoms with van der Waals surface area (Å²) in [6.45, 7) is 4.44. The lowest BCUT2D eigenvalue weighted by molar-refractivity contribution is 0.0892. The summed E-state index contributed by atoms with van der Waals surface area (Å²) in [6, 6.07) is 4.23. The van der Waals surface area contributed by atoms with Crippen LogP contribution < -0.4 is 10.7 Å². The maximum atomic E-state index is 12.3. The van der Waals surface area contributed by atoms with Gasteiger partial charge in [-0.05, 0) is 13.8 Å². The number of nitrogens with one attached hydrogen (secondary N) is 1. The zero-order chi connectivity index (χ0) is 16.4. The molecule has 1 fully saturated rings. The number of ether oxygens (including phenoxy) is 1. The van der Waals surface area contributed by atoms with Crippen LogP contribution in [0.2, 0.25) is 0 Å². The van der Waals surface area contributed by atoms with Crippen LogP contribution in [0.1, 0.15) is 27.8 Å². The maximum Gasteiger partial charge on any atom is 0.287 e. The Labute approximate surface area is 132 Å². The number of carbonyl (C=O) groups excluding carboxylic acids is 1. The predicted octanol–water partition coefficient (Wildman–Crippen LogP) is 1.23. The van der Waals surface area contributed by atoms with E-state index >= 15 is 0 Å². The molecule has 2 aromatic rings. The first-order chi connectivity index (χ1) is 11.0. The number of nitrogens with zero attached hydrogens (tertiary/aromatic N) is 1. The molecule has 122 valence electrons. The molecule has 7 nitrogen and oxygen atoms in total. The summed E-state index contributed by atoms with van der Waals surface area (Å²) in [5.74, 6) is 0.845. The Balaban J connectivity index is 1.68. The minimum absolute atomic E-state index is 0.0103. The van der Waals surface area contributed by atoms with E-state index in [-0.39, 0.29) is 23.1 Å². The second kappa shape index (κ2) is 6.37. The first-order valence-corrected chi connectivity index (χ1v) is 7.44. The average Bonchev–Trinajstić information content (AvgIpc) is 3.08. The van der Waals surface area contributed by atoms with Crippen LogP contribution in [0.15, 0.2) is 31.9 Å². The Bertz CT molecular complexity index is 764. The molecule has 0 saturated carbocycles. The number of hydrogen-bond donors (Lipinski definition) is 1. The van der Waals surface area contributed by atoms with Crippen LogP contribution in [-0.4, -0.2) is 30.3 Å². The molecule has 2 unspecified atom stereocenters.